The highest BCUT2D eigenvalue weighted by molar-refractivity contribution is 7.98. The fraction of sp³-hybridized carbons (Fsp3) is 0.500. The predicted molar refractivity (Wildman–Crippen MR) is 86.2 cm³/mol. The average molecular weight is 331 g/mol. The third-order valence-electron chi connectivity index (χ3n) is 3.33. The maximum absolute atomic E-state index is 12.4. The van der Waals surface area contributed by atoms with Gasteiger partial charge in [-0.05, 0) is 30.4 Å². The summed E-state index contributed by atoms with van der Waals surface area (Å²) < 4.78 is 26.2. The summed E-state index contributed by atoms with van der Waals surface area (Å²) >= 11 is 1.62. The number of carboxylic acid groups (broad SMARTS) is 1. The van der Waals surface area contributed by atoms with Crippen LogP contribution in [0.4, 0.5) is 0 Å². The minimum Gasteiger partial charge on any atom is -0.478 e. The molecule has 0 saturated heterocycles. The van der Waals surface area contributed by atoms with E-state index in [-0.39, 0.29) is 17.4 Å². The average Bonchev–Trinajstić information content (AvgIpc) is 2.44. The Kier molecular flexibility index (Phi) is 6.70. The van der Waals surface area contributed by atoms with Gasteiger partial charge in [-0.3, -0.25) is 0 Å². The van der Waals surface area contributed by atoms with Crippen LogP contribution in [0.3, 0.4) is 0 Å². The Morgan fingerprint density at radius 1 is 1.33 bits per heavy atom. The topological polar surface area (TPSA) is 74.7 Å². The third kappa shape index (κ3) is 5.01. The lowest BCUT2D eigenvalue weighted by molar-refractivity contribution is 0.0697. The lowest BCUT2D eigenvalue weighted by Crippen LogP contribution is -2.38. The van der Waals surface area contributed by atoms with E-state index >= 15 is 0 Å². The summed E-state index contributed by atoms with van der Waals surface area (Å²) in [5.74, 6) is -0.383. The number of sulfonamides is 1. The van der Waals surface area contributed by atoms with Crippen LogP contribution in [0.5, 0.6) is 0 Å². The van der Waals surface area contributed by atoms with Crippen LogP contribution in [0, 0.1) is 0 Å². The molecule has 0 radical (unpaired) electrons. The molecular formula is C14H21NO4S2. The fourth-order valence-corrected chi connectivity index (χ4v) is 4.39. The molecule has 1 unspecified atom stereocenters. The smallest absolute Gasteiger partial charge is 0.335 e. The molecule has 0 aliphatic heterocycles. The molecule has 0 fully saturated rings. The summed E-state index contributed by atoms with van der Waals surface area (Å²) in [6, 6.07) is 5.91. The van der Waals surface area contributed by atoms with Crippen LogP contribution < -0.4 is 0 Å². The third-order valence-corrected chi connectivity index (χ3v) is 5.93. The molecule has 1 rings (SSSR count). The molecule has 0 heterocycles. The van der Waals surface area contributed by atoms with Crippen LogP contribution in [0.1, 0.15) is 29.3 Å². The van der Waals surface area contributed by atoms with Crippen molar-refractivity contribution in [1.29, 1.82) is 0 Å². The number of aromatic carboxylic acids is 1. The summed E-state index contributed by atoms with van der Waals surface area (Å²) in [5.41, 5.74) is 0.740. The normalized spacial score (nSPS) is 13.3. The minimum atomic E-state index is -3.41. The van der Waals surface area contributed by atoms with Gasteiger partial charge >= 0.3 is 5.97 Å². The van der Waals surface area contributed by atoms with E-state index in [9.17, 15) is 13.2 Å². The molecule has 1 N–H and O–H groups in total. The van der Waals surface area contributed by atoms with Crippen molar-refractivity contribution in [2.24, 2.45) is 0 Å². The first-order valence-electron chi connectivity index (χ1n) is 6.58. The lowest BCUT2D eigenvalue weighted by Gasteiger charge is -2.26. The second-order valence-corrected chi connectivity index (χ2v) is 7.73. The molecule has 0 saturated carbocycles. The first-order valence-corrected chi connectivity index (χ1v) is 9.59. The molecular weight excluding hydrogens is 310 g/mol. The molecule has 1 atom stereocenters. The Morgan fingerprint density at radius 2 is 1.90 bits per heavy atom. The van der Waals surface area contributed by atoms with Crippen molar-refractivity contribution in [3.63, 3.8) is 0 Å². The molecule has 21 heavy (non-hydrogen) atoms. The second kappa shape index (κ2) is 7.82. The number of hydrogen-bond acceptors (Lipinski definition) is 4. The van der Waals surface area contributed by atoms with Gasteiger partial charge in [-0.15, -0.1) is 0 Å². The summed E-state index contributed by atoms with van der Waals surface area (Å²) in [6.07, 6.45) is 2.71. The Morgan fingerprint density at radius 3 is 2.33 bits per heavy atom. The summed E-state index contributed by atoms with van der Waals surface area (Å²) in [7, 11) is -1.80. The van der Waals surface area contributed by atoms with Crippen molar-refractivity contribution in [2.45, 2.75) is 25.1 Å². The Hall–Kier alpha value is -1.05. The quantitative estimate of drug-likeness (QED) is 0.791. The first kappa shape index (κ1) is 18.0. The number of benzene rings is 1. The van der Waals surface area contributed by atoms with Crippen molar-refractivity contribution in [1.82, 2.24) is 4.31 Å². The Labute approximate surface area is 130 Å². The van der Waals surface area contributed by atoms with Gasteiger partial charge in [0.25, 0.3) is 0 Å². The van der Waals surface area contributed by atoms with Crippen LogP contribution in [0.2, 0.25) is 0 Å². The highest BCUT2D eigenvalue weighted by Gasteiger charge is 2.25. The first-order chi connectivity index (χ1) is 9.81. The maximum atomic E-state index is 12.4. The lowest BCUT2D eigenvalue weighted by atomic mass is 10.1. The van der Waals surface area contributed by atoms with E-state index in [0.29, 0.717) is 5.56 Å². The number of rotatable bonds is 8. The van der Waals surface area contributed by atoms with Crippen molar-refractivity contribution in [3.8, 4) is 0 Å². The van der Waals surface area contributed by atoms with Gasteiger partial charge in [-0.2, -0.15) is 11.8 Å². The van der Waals surface area contributed by atoms with E-state index in [0.717, 1.165) is 12.2 Å². The molecule has 1 aromatic rings. The van der Waals surface area contributed by atoms with Crippen LogP contribution in [0.25, 0.3) is 0 Å². The van der Waals surface area contributed by atoms with E-state index < -0.39 is 16.0 Å². The molecule has 1 aromatic carbocycles. The summed E-state index contributed by atoms with van der Waals surface area (Å²) in [4.78, 5) is 10.8. The molecule has 0 bridgehead atoms. The Bertz CT molecular complexity index is 569. The number of hydrogen-bond donors (Lipinski definition) is 1. The van der Waals surface area contributed by atoms with E-state index in [1.165, 1.54) is 16.4 Å². The van der Waals surface area contributed by atoms with Gasteiger partial charge in [0, 0.05) is 18.8 Å². The standard InChI is InChI=1S/C14H21NO4S2/c1-4-13(9-20-3)15(2)21(18,19)10-11-5-7-12(8-6-11)14(16)17/h5-8,13H,4,9-10H2,1-3H3,(H,16,17). The van der Waals surface area contributed by atoms with Crippen LogP contribution in [-0.4, -0.2) is 48.9 Å². The monoisotopic (exact) mass is 331 g/mol. The van der Waals surface area contributed by atoms with Crippen molar-refractivity contribution in [2.75, 3.05) is 19.1 Å². The molecule has 0 aliphatic rings. The maximum Gasteiger partial charge on any atom is 0.335 e. The van der Waals surface area contributed by atoms with Crippen LogP contribution >= 0.6 is 11.8 Å². The van der Waals surface area contributed by atoms with E-state index in [1.54, 1.807) is 30.9 Å². The summed E-state index contributed by atoms with van der Waals surface area (Å²) in [6.45, 7) is 1.97. The van der Waals surface area contributed by atoms with E-state index in [1.807, 2.05) is 13.2 Å². The molecule has 0 aliphatic carbocycles. The highest BCUT2D eigenvalue weighted by Crippen LogP contribution is 2.17. The van der Waals surface area contributed by atoms with Gasteiger partial charge < -0.3 is 5.11 Å². The molecule has 118 valence electrons. The largest absolute Gasteiger partial charge is 0.478 e. The Balaban J connectivity index is 2.86. The van der Waals surface area contributed by atoms with Crippen molar-refractivity contribution >= 4 is 27.8 Å². The zero-order valence-corrected chi connectivity index (χ0v) is 14.1. The van der Waals surface area contributed by atoms with Crippen molar-refractivity contribution < 1.29 is 18.3 Å². The number of carbonyl (C=O) groups is 1. The zero-order chi connectivity index (χ0) is 16.0. The molecule has 0 aromatic heterocycles. The summed E-state index contributed by atoms with van der Waals surface area (Å²) in [5, 5.41) is 8.83. The van der Waals surface area contributed by atoms with E-state index in [4.69, 9.17) is 5.11 Å². The van der Waals surface area contributed by atoms with Gasteiger partial charge in [-0.25, -0.2) is 17.5 Å². The zero-order valence-electron chi connectivity index (χ0n) is 12.4. The molecule has 7 heteroatoms. The van der Waals surface area contributed by atoms with Gasteiger partial charge in [0.1, 0.15) is 0 Å². The fourth-order valence-electron chi connectivity index (χ4n) is 1.96. The van der Waals surface area contributed by atoms with Gasteiger partial charge in [0.2, 0.25) is 10.0 Å². The van der Waals surface area contributed by atoms with Gasteiger partial charge in [0.15, 0.2) is 0 Å². The number of thioether (sulfide) groups is 1. The van der Waals surface area contributed by atoms with E-state index in [2.05, 4.69) is 0 Å². The van der Waals surface area contributed by atoms with Crippen LogP contribution in [0.15, 0.2) is 24.3 Å². The molecule has 0 spiro atoms. The number of nitrogens with zero attached hydrogens (tertiary/aromatic N) is 1. The molecule has 5 nitrogen and oxygen atoms in total. The van der Waals surface area contributed by atoms with Gasteiger partial charge in [-0.1, -0.05) is 19.1 Å². The van der Waals surface area contributed by atoms with Crippen molar-refractivity contribution in [3.05, 3.63) is 35.4 Å². The molecule has 0 amide bonds. The highest BCUT2D eigenvalue weighted by atomic mass is 32.2. The number of carboxylic acids is 1. The predicted octanol–water partition coefficient (Wildman–Crippen LogP) is 2.29. The minimum absolute atomic E-state index is 0.0247. The second-order valence-electron chi connectivity index (χ2n) is 4.79. The SMILES string of the molecule is CCC(CSC)N(C)S(=O)(=O)Cc1ccc(C(=O)O)cc1. The van der Waals surface area contributed by atoms with Crippen LogP contribution in [-0.2, 0) is 15.8 Å². The van der Waals surface area contributed by atoms with Gasteiger partial charge in [0.05, 0.1) is 11.3 Å².